The summed E-state index contributed by atoms with van der Waals surface area (Å²) in [6.07, 6.45) is 1.07. The van der Waals surface area contributed by atoms with E-state index in [1.807, 2.05) is 13.8 Å². The Labute approximate surface area is 121 Å². The zero-order chi connectivity index (χ0) is 14.7. The van der Waals surface area contributed by atoms with Gasteiger partial charge in [-0.25, -0.2) is 9.97 Å². The van der Waals surface area contributed by atoms with Crippen molar-refractivity contribution in [3.8, 4) is 11.3 Å². The number of hydrogen-bond donors (Lipinski definition) is 1. The molecule has 0 radical (unpaired) electrons. The molecule has 0 unspecified atom stereocenters. The van der Waals surface area contributed by atoms with Gasteiger partial charge in [0.15, 0.2) is 5.82 Å². The van der Waals surface area contributed by atoms with E-state index in [2.05, 4.69) is 49.3 Å². The first-order valence-electron chi connectivity index (χ1n) is 7.20. The summed E-state index contributed by atoms with van der Waals surface area (Å²) >= 11 is 0. The second-order valence-electron chi connectivity index (χ2n) is 5.27. The van der Waals surface area contributed by atoms with Crippen LogP contribution in [0.2, 0.25) is 0 Å². The fourth-order valence-electron chi connectivity index (χ4n) is 2.17. The molecule has 0 spiro atoms. The van der Waals surface area contributed by atoms with Gasteiger partial charge in [0.1, 0.15) is 5.69 Å². The molecular formula is C17H23N3. The lowest BCUT2D eigenvalue weighted by atomic mass is 10.0. The van der Waals surface area contributed by atoms with E-state index in [4.69, 9.17) is 4.98 Å². The fraction of sp³-hybridized carbons (Fsp3) is 0.412. The van der Waals surface area contributed by atoms with Gasteiger partial charge in [-0.1, -0.05) is 25.1 Å². The molecule has 0 amide bonds. The molecule has 1 N–H and O–H groups in total. The molecule has 0 aliphatic carbocycles. The van der Waals surface area contributed by atoms with E-state index in [0.717, 1.165) is 35.9 Å². The van der Waals surface area contributed by atoms with Crippen LogP contribution in [0.3, 0.4) is 0 Å². The number of hydrogen-bond acceptors (Lipinski definition) is 3. The van der Waals surface area contributed by atoms with Gasteiger partial charge in [0, 0.05) is 12.1 Å². The molecule has 0 aliphatic heterocycles. The van der Waals surface area contributed by atoms with Gasteiger partial charge in [-0.2, -0.15) is 0 Å². The molecule has 2 aromatic rings. The minimum Gasteiger partial charge on any atom is -0.368 e. The zero-order valence-corrected chi connectivity index (χ0v) is 13.0. The summed E-state index contributed by atoms with van der Waals surface area (Å²) in [5, 5.41) is 3.40. The molecule has 0 atom stereocenters. The van der Waals surface area contributed by atoms with Crippen LogP contribution in [-0.4, -0.2) is 16.5 Å². The average Bonchev–Trinajstić information content (AvgIpc) is 2.43. The molecule has 3 nitrogen and oxygen atoms in total. The van der Waals surface area contributed by atoms with Crippen molar-refractivity contribution in [3.63, 3.8) is 0 Å². The highest BCUT2D eigenvalue weighted by atomic mass is 15.0. The topological polar surface area (TPSA) is 37.8 Å². The van der Waals surface area contributed by atoms with Crippen LogP contribution >= 0.6 is 0 Å². The highest BCUT2D eigenvalue weighted by molar-refractivity contribution is 5.75. The molecule has 0 saturated heterocycles. The van der Waals surface area contributed by atoms with Crippen molar-refractivity contribution in [2.24, 2.45) is 0 Å². The van der Waals surface area contributed by atoms with E-state index in [1.165, 1.54) is 16.7 Å². The van der Waals surface area contributed by atoms with Crippen LogP contribution in [0.5, 0.6) is 0 Å². The molecule has 106 valence electrons. The van der Waals surface area contributed by atoms with E-state index in [0.29, 0.717) is 0 Å². The van der Waals surface area contributed by atoms with Crippen LogP contribution in [-0.2, 0) is 0 Å². The summed E-state index contributed by atoms with van der Waals surface area (Å²) in [6, 6.07) is 6.34. The quantitative estimate of drug-likeness (QED) is 0.904. The first kappa shape index (κ1) is 14.5. The Bertz CT molecular complexity index is 618. The summed E-state index contributed by atoms with van der Waals surface area (Å²) in [5.41, 5.74) is 6.65. The Hall–Kier alpha value is -1.90. The average molecular weight is 269 g/mol. The third kappa shape index (κ3) is 2.82. The maximum atomic E-state index is 4.77. The largest absolute Gasteiger partial charge is 0.368 e. The Balaban J connectivity index is 2.59. The molecule has 0 bridgehead atoms. The number of nitrogens with zero attached hydrogens (tertiary/aromatic N) is 2. The van der Waals surface area contributed by atoms with Crippen molar-refractivity contribution in [1.82, 2.24) is 9.97 Å². The van der Waals surface area contributed by atoms with E-state index in [1.54, 1.807) is 0 Å². The number of rotatable bonds is 4. The van der Waals surface area contributed by atoms with Crippen LogP contribution < -0.4 is 5.32 Å². The lowest BCUT2D eigenvalue weighted by Crippen LogP contribution is -2.08. The van der Waals surface area contributed by atoms with Gasteiger partial charge in [0.2, 0.25) is 0 Å². The Kier molecular flexibility index (Phi) is 4.38. The normalized spacial score (nSPS) is 10.7. The summed E-state index contributed by atoms with van der Waals surface area (Å²) in [5.74, 6) is 0.892. The number of benzene rings is 1. The first-order valence-corrected chi connectivity index (χ1v) is 7.20. The number of anilines is 1. The monoisotopic (exact) mass is 269 g/mol. The highest BCUT2D eigenvalue weighted by Crippen LogP contribution is 2.29. The minimum atomic E-state index is 0.892. The van der Waals surface area contributed by atoms with Gasteiger partial charge in [-0.05, 0) is 45.2 Å². The first-order chi connectivity index (χ1) is 9.54. The van der Waals surface area contributed by atoms with E-state index < -0.39 is 0 Å². The molecule has 3 heteroatoms. The Morgan fingerprint density at radius 2 is 1.70 bits per heavy atom. The van der Waals surface area contributed by atoms with Crippen molar-refractivity contribution < 1.29 is 0 Å². The molecule has 2 rings (SSSR count). The van der Waals surface area contributed by atoms with Crippen LogP contribution in [0, 0.1) is 27.7 Å². The minimum absolute atomic E-state index is 0.892. The lowest BCUT2D eigenvalue weighted by Gasteiger charge is -2.15. The Morgan fingerprint density at radius 3 is 2.40 bits per heavy atom. The van der Waals surface area contributed by atoms with Crippen LogP contribution in [0.4, 0.5) is 5.82 Å². The van der Waals surface area contributed by atoms with Crippen molar-refractivity contribution in [1.29, 1.82) is 0 Å². The second-order valence-corrected chi connectivity index (χ2v) is 5.27. The summed E-state index contributed by atoms with van der Waals surface area (Å²) in [7, 11) is 0. The van der Waals surface area contributed by atoms with Gasteiger partial charge in [0.25, 0.3) is 0 Å². The SMILES string of the molecule is CCCNc1nc(C)c(C)nc1-c1cccc(C)c1C. The van der Waals surface area contributed by atoms with Crippen LogP contribution in [0.25, 0.3) is 11.3 Å². The van der Waals surface area contributed by atoms with Crippen molar-refractivity contribution in [3.05, 3.63) is 40.7 Å². The van der Waals surface area contributed by atoms with Gasteiger partial charge in [0.05, 0.1) is 11.4 Å². The number of aromatic nitrogens is 2. The van der Waals surface area contributed by atoms with Gasteiger partial charge in [-0.3, -0.25) is 0 Å². The third-order valence-electron chi connectivity index (χ3n) is 3.71. The maximum Gasteiger partial charge on any atom is 0.152 e. The summed E-state index contributed by atoms with van der Waals surface area (Å²) in [6.45, 7) is 11.4. The molecule has 1 heterocycles. The van der Waals surface area contributed by atoms with Gasteiger partial charge >= 0.3 is 0 Å². The third-order valence-corrected chi connectivity index (χ3v) is 3.71. The van der Waals surface area contributed by atoms with E-state index in [-0.39, 0.29) is 0 Å². The van der Waals surface area contributed by atoms with E-state index in [9.17, 15) is 0 Å². The fourth-order valence-corrected chi connectivity index (χ4v) is 2.17. The zero-order valence-electron chi connectivity index (χ0n) is 13.0. The van der Waals surface area contributed by atoms with Gasteiger partial charge < -0.3 is 5.32 Å². The highest BCUT2D eigenvalue weighted by Gasteiger charge is 2.13. The molecule has 1 aromatic heterocycles. The van der Waals surface area contributed by atoms with Crippen LogP contribution in [0.15, 0.2) is 18.2 Å². The summed E-state index contributed by atoms with van der Waals surface area (Å²) < 4.78 is 0. The summed E-state index contributed by atoms with van der Waals surface area (Å²) in [4.78, 5) is 9.46. The maximum absolute atomic E-state index is 4.77. The number of aryl methyl sites for hydroxylation is 3. The molecule has 0 aliphatic rings. The molecule has 0 saturated carbocycles. The van der Waals surface area contributed by atoms with Crippen molar-refractivity contribution >= 4 is 5.82 Å². The van der Waals surface area contributed by atoms with Crippen LogP contribution in [0.1, 0.15) is 35.9 Å². The molecule has 0 fully saturated rings. The molecule has 20 heavy (non-hydrogen) atoms. The van der Waals surface area contributed by atoms with Crippen molar-refractivity contribution in [2.75, 3.05) is 11.9 Å². The van der Waals surface area contributed by atoms with Crippen molar-refractivity contribution in [2.45, 2.75) is 41.0 Å². The van der Waals surface area contributed by atoms with Gasteiger partial charge in [-0.15, -0.1) is 0 Å². The number of nitrogens with one attached hydrogen (secondary N) is 1. The molecule has 1 aromatic carbocycles. The standard InChI is InChI=1S/C17H23N3/c1-6-10-18-17-16(19-13(4)14(5)20-17)15-9-7-8-11(2)12(15)3/h7-9H,6,10H2,1-5H3,(H,18,20). The smallest absolute Gasteiger partial charge is 0.152 e. The Morgan fingerprint density at radius 1 is 1.00 bits per heavy atom. The van der Waals surface area contributed by atoms with E-state index >= 15 is 0 Å². The lowest BCUT2D eigenvalue weighted by molar-refractivity contribution is 0.953. The molecular weight excluding hydrogens is 246 g/mol. The second kappa shape index (κ2) is 6.04. The predicted octanol–water partition coefficient (Wildman–Crippen LogP) is 4.20. The predicted molar refractivity (Wildman–Crippen MR) is 85.2 cm³/mol.